The Morgan fingerprint density at radius 2 is 2.05 bits per heavy atom. The number of hydrogen-bond acceptors (Lipinski definition) is 4. The van der Waals surface area contributed by atoms with Gasteiger partial charge in [0.15, 0.2) is 5.96 Å². The van der Waals surface area contributed by atoms with Gasteiger partial charge < -0.3 is 15.4 Å². The van der Waals surface area contributed by atoms with Crippen molar-refractivity contribution >= 4 is 17.3 Å². The zero-order valence-corrected chi connectivity index (χ0v) is 14.5. The molecule has 0 radical (unpaired) electrons. The van der Waals surface area contributed by atoms with Crippen molar-refractivity contribution in [2.75, 3.05) is 26.3 Å². The number of unbranched alkanes of at least 4 members (excludes halogenated alkanes) is 1. The summed E-state index contributed by atoms with van der Waals surface area (Å²) in [5, 5.41) is 7.74. The number of rotatable bonds is 9. The fourth-order valence-electron chi connectivity index (χ4n) is 1.89. The molecule has 0 spiro atoms. The first-order valence-corrected chi connectivity index (χ1v) is 8.51. The second kappa shape index (κ2) is 10.6. The fourth-order valence-corrected chi connectivity index (χ4v) is 2.75. The van der Waals surface area contributed by atoms with E-state index in [1.54, 1.807) is 11.3 Å². The van der Waals surface area contributed by atoms with Crippen LogP contribution in [0.5, 0.6) is 0 Å². The van der Waals surface area contributed by atoms with Crippen molar-refractivity contribution in [2.45, 2.75) is 47.1 Å². The summed E-state index contributed by atoms with van der Waals surface area (Å²) in [7, 11) is 0. The Bertz CT molecular complexity index is 431. The molecule has 0 saturated heterocycles. The molecule has 1 rings (SSSR count). The molecule has 1 aromatic rings. The maximum Gasteiger partial charge on any atom is 0.191 e. The molecule has 5 nitrogen and oxygen atoms in total. The number of ether oxygens (including phenoxy) is 1. The van der Waals surface area contributed by atoms with Gasteiger partial charge in [-0.1, -0.05) is 0 Å². The van der Waals surface area contributed by atoms with Crippen LogP contribution in [0.2, 0.25) is 0 Å². The van der Waals surface area contributed by atoms with E-state index in [0.717, 1.165) is 55.8 Å². The molecule has 1 heterocycles. The summed E-state index contributed by atoms with van der Waals surface area (Å²) in [6, 6.07) is 0. The topological polar surface area (TPSA) is 58.5 Å². The van der Waals surface area contributed by atoms with Gasteiger partial charge in [-0.2, -0.15) is 0 Å². The third-order valence-electron chi connectivity index (χ3n) is 2.94. The van der Waals surface area contributed by atoms with E-state index in [1.165, 1.54) is 4.88 Å². The van der Waals surface area contributed by atoms with Crippen LogP contribution in [0.4, 0.5) is 0 Å². The van der Waals surface area contributed by atoms with Crippen molar-refractivity contribution in [1.29, 1.82) is 0 Å². The minimum Gasteiger partial charge on any atom is -0.382 e. The van der Waals surface area contributed by atoms with E-state index in [-0.39, 0.29) is 0 Å². The zero-order chi connectivity index (χ0) is 15.5. The van der Waals surface area contributed by atoms with Crippen LogP contribution < -0.4 is 10.6 Å². The molecular weight excluding hydrogens is 284 g/mol. The molecule has 0 aliphatic carbocycles. The zero-order valence-electron chi connectivity index (χ0n) is 13.7. The second-order valence-electron chi connectivity index (χ2n) is 4.77. The maximum absolute atomic E-state index is 5.33. The van der Waals surface area contributed by atoms with Gasteiger partial charge in [-0.15, -0.1) is 11.3 Å². The molecular formula is C15H28N4OS. The highest BCUT2D eigenvalue weighted by Crippen LogP contribution is 2.17. The molecule has 0 aromatic carbocycles. The number of aromatic nitrogens is 1. The smallest absolute Gasteiger partial charge is 0.191 e. The van der Waals surface area contributed by atoms with Crippen LogP contribution in [-0.2, 0) is 11.3 Å². The van der Waals surface area contributed by atoms with E-state index in [4.69, 9.17) is 4.74 Å². The molecule has 6 heteroatoms. The SMILES string of the molecule is CCNC(=NCc1sc(C)nc1C)NCCCCOCC. The number of nitrogens with one attached hydrogen (secondary N) is 2. The molecule has 0 atom stereocenters. The molecule has 120 valence electrons. The molecule has 2 N–H and O–H groups in total. The van der Waals surface area contributed by atoms with Gasteiger partial charge in [0, 0.05) is 31.2 Å². The molecule has 0 saturated carbocycles. The van der Waals surface area contributed by atoms with Crippen molar-refractivity contribution < 1.29 is 4.74 Å². The Kier molecular flexibility index (Phi) is 9.01. The largest absolute Gasteiger partial charge is 0.382 e. The molecule has 0 bridgehead atoms. The van der Waals surface area contributed by atoms with Crippen LogP contribution in [0.1, 0.15) is 42.3 Å². The van der Waals surface area contributed by atoms with Gasteiger partial charge in [0.2, 0.25) is 0 Å². The van der Waals surface area contributed by atoms with Crippen LogP contribution in [0.15, 0.2) is 4.99 Å². The number of aliphatic imine (C=N–C) groups is 1. The first-order valence-electron chi connectivity index (χ1n) is 7.70. The van der Waals surface area contributed by atoms with Gasteiger partial charge in [0.1, 0.15) is 0 Å². The van der Waals surface area contributed by atoms with Gasteiger partial charge >= 0.3 is 0 Å². The summed E-state index contributed by atoms with van der Waals surface area (Å²) in [6.45, 7) is 12.3. The average molecular weight is 312 g/mol. The predicted octanol–water partition coefficient (Wildman–Crippen LogP) is 2.63. The van der Waals surface area contributed by atoms with Gasteiger partial charge in [-0.05, 0) is 40.5 Å². The van der Waals surface area contributed by atoms with E-state index in [2.05, 4.69) is 27.5 Å². The van der Waals surface area contributed by atoms with E-state index < -0.39 is 0 Å². The van der Waals surface area contributed by atoms with E-state index >= 15 is 0 Å². The lowest BCUT2D eigenvalue weighted by Gasteiger charge is -2.11. The van der Waals surface area contributed by atoms with Crippen molar-refractivity contribution in [1.82, 2.24) is 15.6 Å². The van der Waals surface area contributed by atoms with Gasteiger partial charge in [-0.25, -0.2) is 9.98 Å². The second-order valence-corrected chi connectivity index (χ2v) is 6.06. The Morgan fingerprint density at radius 3 is 2.67 bits per heavy atom. The van der Waals surface area contributed by atoms with Crippen molar-refractivity contribution in [2.24, 2.45) is 4.99 Å². The Morgan fingerprint density at radius 1 is 1.24 bits per heavy atom. The summed E-state index contributed by atoms with van der Waals surface area (Å²) in [5.41, 5.74) is 1.09. The van der Waals surface area contributed by atoms with E-state index in [1.807, 2.05) is 20.8 Å². The van der Waals surface area contributed by atoms with Crippen LogP contribution >= 0.6 is 11.3 Å². The number of nitrogens with zero attached hydrogens (tertiary/aromatic N) is 2. The van der Waals surface area contributed by atoms with Gasteiger partial charge in [-0.3, -0.25) is 0 Å². The molecule has 0 fully saturated rings. The monoisotopic (exact) mass is 312 g/mol. The highest BCUT2D eigenvalue weighted by Gasteiger charge is 2.04. The molecule has 0 aliphatic heterocycles. The number of thiazole rings is 1. The van der Waals surface area contributed by atoms with Crippen molar-refractivity contribution in [3.8, 4) is 0 Å². The maximum atomic E-state index is 5.33. The third-order valence-corrected chi connectivity index (χ3v) is 3.99. The van der Waals surface area contributed by atoms with Crippen molar-refractivity contribution in [3.63, 3.8) is 0 Å². The van der Waals surface area contributed by atoms with Crippen molar-refractivity contribution in [3.05, 3.63) is 15.6 Å². The highest BCUT2D eigenvalue weighted by atomic mass is 32.1. The molecule has 21 heavy (non-hydrogen) atoms. The first kappa shape index (κ1) is 17.9. The normalized spacial score (nSPS) is 11.7. The van der Waals surface area contributed by atoms with Crippen LogP contribution in [0, 0.1) is 13.8 Å². The third kappa shape index (κ3) is 7.43. The number of hydrogen-bond donors (Lipinski definition) is 2. The molecule has 0 amide bonds. The Hall–Kier alpha value is -1.14. The summed E-state index contributed by atoms with van der Waals surface area (Å²) < 4.78 is 5.33. The summed E-state index contributed by atoms with van der Waals surface area (Å²) in [4.78, 5) is 10.3. The Labute approximate surface area is 132 Å². The summed E-state index contributed by atoms with van der Waals surface area (Å²) in [5.74, 6) is 0.874. The summed E-state index contributed by atoms with van der Waals surface area (Å²) in [6.07, 6.45) is 2.16. The summed E-state index contributed by atoms with van der Waals surface area (Å²) >= 11 is 1.72. The number of guanidine groups is 1. The molecule has 0 aliphatic rings. The van der Waals surface area contributed by atoms with E-state index in [9.17, 15) is 0 Å². The lowest BCUT2D eigenvalue weighted by atomic mass is 10.3. The van der Waals surface area contributed by atoms with Crippen LogP contribution in [0.3, 0.4) is 0 Å². The van der Waals surface area contributed by atoms with Crippen LogP contribution in [-0.4, -0.2) is 37.2 Å². The lowest BCUT2D eigenvalue weighted by Crippen LogP contribution is -2.37. The molecule has 1 aromatic heterocycles. The highest BCUT2D eigenvalue weighted by molar-refractivity contribution is 7.11. The fraction of sp³-hybridized carbons (Fsp3) is 0.733. The minimum absolute atomic E-state index is 0.686. The number of aryl methyl sites for hydroxylation is 2. The average Bonchev–Trinajstić information content (AvgIpc) is 2.78. The van der Waals surface area contributed by atoms with Gasteiger partial charge in [0.05, 0.1) is 17.2 Å². The quantitative estimate of drug-likeness (QED) is 0.418. The van der Waals surface area contributed by atoms with Crippen LogP contribution in [0.25, 0.3) is 0 Å². The lowest BCUT2D eigenvalue weighted by molar-refractivity contribution is 0.143. The molecule has 0 unspecified atom stereocenters. The predicted molar refractivity (Wildman–Crippen MR) is 90.1 cm³/mol. The van der Waals surface area contributed by atoms with Gasteiger partial charge in [0.25, 0.3) is 0 Å². The first-order chi connectivity index (χ1) is 10.2. The standard InChI is InChI=1S/C15H28N4OS/c1-5-16-15(17-9-7-8-10-20-6-2)18-11-14-12(3)19-13(4)21-14/h5-11H2,1-4H3,(H2,16,17,18). The Balaban J connectivity index is 2.37. The minimum atomic E-state index is 0.686. The van der Waals surface area contributed by atoms with E-state index in [0.29, 0.717) is 6.54 Å².